The molecule has 5 N–H and O–H groups in total. The number of halogens is 1. The van der Waals surface area contributed by atoms with Crippen LogP contribution in [0.5, 0.6) is 17.2 Å². The Morgan fingerprint density at radius 3 is 0.984 bits per heavy atom. The summed E-state index contributed by atoms with van der Waals surface area (Å²) in [5.41, 5.74) is 17.9. The molecule has 12 rings (SSSR count). The molecule has 12 aromatic rings. The maximum atomic E-state index is 13.5. The number of nitriles is 1. The van der Waals surface area contributed by atoms with Gasteiger partial charge in [0.25, 0.3) is 10.1 Å². The van der Waals surface area contributed by atoms with Crippen molar-refractivity contribution in [1.29, 1.82) is 5.26 Å². The molecule has 0 fully saturated rings. The lowest BCUT2D eigenvalue weighted by molar-refractivity contribution is -0.112. The highest BCUT2D eigenvalue weighted by Gasteiger charge is 2.25. The van der Waals surface area contributed by atoms with Gasteiger partial charge in [0, 0.05) is 158 Å². The minimum atomic E-state index is -3.67. The van der Waals surface area contributed by atoms with Crippen LogP contribution < -0.4 is 62.3 Å². The van der Waals surface area contributed by atoms with E-state index < -0.39 is 15.4 Å². The molecule has 0 saturated heterocycles. The van der Waals surface area contributed by atoms with Crippen LogP contribution in [0.4, 0.5) is 34.1 Å². The standard InChI is InChI=1S/2C30H37N7O3.C27H35N7O2.C3H3ClO.C2H3N.CH4O3S/c2*1-8-29(38)32-22-17-21(26(40-7)19-25(22)35(6)16-15-34(4)5)18-27-31-14-13-28(33-27)37-24-12-10-9-11-23(24)36(20(2)3)30(37)39;1-18(2)33-21-9-7-8-10-22(21)34(27(33)35)26-11-12-29-25(30-26)16-19-15-20(28)23(17-24(19)36-6)32(5)14-13-31(3)4;1-2-3(4)5;1-2-3;1-5(2,3)4/h2*8-14,17,19-20H,1,15-16,18H2,2-7H3,(H,32,38);7-12,15,17-18H,13-14,16,28H2,1-6H3;2H,1H2;1H3;1H3,(H,2,3,4). The van der Waals surface area contributed by atoms with E-state index in [2.05, 4.69) is 74.7 Å². The summed E-state index contributed by atoms with van der Waals surface area (Å²) in [6.07, 6.45) is 10.3. The maximum Gasteiger partial charge on any atom is 0.335 e. The van der Waals surface area contributed by atoms with Crippen molar-refractivity contribution in [1.82, 2.24) is 72.0 Å². The summed E-state index contributed by atoms with van der Waals surface area (Å²) in [7, 11) is 19.3. The fourth-order valence-corrected chi connectivity index (χ4v) is 13.8. The Kier molecular flexibility index (Phi) is 38.0. The van der Waals surface area contributed by atoms with E-state index in [1.165, 1.54) is 19.1 Å². The molecule has 2 amide bonds. The van der Waals surface area contributed by atoms with Crippen LogP contribution in [-0.4, -0.2) is 232 Å². The van der Waals surface area contributed by atoms with Crippen molar-refractivity contribution in [2.45, 2.75) is 85.9 Å². The summed E-state index contributed by atoms with van der Waals surface area (Å²) >= 11 is 4.71. The highest BCUT2D eigenvalue weighted by Crippen LogP contribution is 2.38. The maximum absolute atomic E-state index is 13.5. The van der Waals surface area contributed by atoms with Gasteiger partial charge in [-0.05, 0) is 186 Å². The first-order chi connectivity index (χ1) is 61.2. The quantitative estimate of drug-likeness (QED) is 0.0132. The first kappa shape index (κ1) is 102. The van der Waals surface area contributed by atoms with Crippen LogP contribution in [0.1, 0.15) is 101 Å². The molecular weight excluding hydrogens is 1680 g/mol. The van der Waals surface area contributed by atoms with E-state index in [0.29, 0.717) is 89.0 Å². The lowest BCUT2D eigenvalue weighted by atomic mass is 10.1. The fraction of sp³-hybridized carbons (Fsp3) is 0.344. The first-order valence-electron chi connectivity index (χ1n) is 41.2. The molecule has 0 aliphatic carbocycles. The lowest BCUT2D eigenvalue weighted by Gasteiger charge is -2.25. The molecule has 0 bridgehead atoms. The highest BCUT2D eigenvalue weighted by atomic mass is 35.5. The van der Waals surface area contributed by atoms with Gasteiger partial charge in [-0.3, -0.25) is 32.6 Å². The second kappa shape index (κ2) is 47.8. The van der Waals surface area contributed by atoms with E-state index in [0.717, 1.165) is 118 Å². The summed E-state index contributed by atoms with van der Waals surface area (Å²) in [5, 5.41) is 12.7. The predicted octanol–water partition coefficient (Wildman–Crippen LogP) is 12.1. The van der Waals surface area contributed by atoms with Crippen molar-refractivity contribution in [3.8, 4) is 40.8 Å². The molecule has 0 unspecified atom stereocenters. The Bertz CT molecular complexity index is 6030. The minimum Gasteiger partial charge on any atom is -0.496 e. The number of aromatic nitrogens is 12. The number of imidazole rings is 3. The number of carbonyl (C=O) groups is 3. The largest absolute Gasteiger partial charge is 0.496 e. The number of carbonyl (C=O) groups excluding carboxylic acids is 3. The molecule has 0 spiro atoms. The molecule has 6 aromatic carbocycles. The van der Waals surface area contributed by atoms with E-state index in [-0.39, 0.29) is 47.0 Å². The number of likely N-dealkylation sites (N-methyl/N-ethyl adjacent to an activating group) is 6. The van der Waals surface area contributed by atoms with Crippen molar-refractivity contribution in [3.05, 3.63) is 250 Å². The number of ether oxygens (including phenoxy) is 3. The Labute approximate surface area is 758 Å². The van der Waals surface area contributed by atoms with E-state index >= 15 is 0 Å². The zero-order valence-electron chi connectivity index (χ0n) is 77.1. The van der Waals surface area contributed by atoms with Crippen LogP contribution in [0.2, 0.25) is 0 Å². The first-order valence-corrected chi connectivity index (χ1v) is 43.4. The summed E-state index contributed by atoms with van der Waals surface area (Å²) in [4.78, 5) is 115. The van der Waals surface area contributed by atoms with E-state index in [1.807, 2.05) is 214 Å². The van der Waals surface area contributed by atoms with Crippen LogP contribution in [0.25, 0.3) is 50.6 Å². The van der Waals surface area contributed by atoms with Crippen molar-refractivity contribution in [2.75, 3.05) is 161 Å². The average molecular weight is 1800 g/mol. The molecule has 36 heteroatoms. The number of nitrogens with one attached hydrogen (secondary N) is 2. The third kappa shape index (κ3) is 27.7. The van der Waals surface area contributed by atoms with Gasteiger partial charge in [0.2, 0.25) is 17.1 Å². The van der Waals surface area contributed by atoms with Gasteiger partial charge in [0.05, 0.1) is 101 Å². The van der Waals surface area contributed by atoms with Crippen molar-refractivity contribution in [3.63, 3.8) is 0 Å². The molecule has 0 aliphatic heterocycles. The number of amides is 2. The van der Waals surface area contributed by atoms with Crippen LogP contribution in [0, 0.1) is 11.3 Å². The molecule has 6 heterocycles. The van der Waals surface area contributed by atoms with Gasteiger partial charge in [-0.25, -0.2) is 58.0 Å². The summed E-state index contributed by atoms with van der Waals surface area (Å²) in [5.74, 6) is 4.51. The van der Waals surface area contributed by atoms with Crippen LogP contribution in [0.3, 0.4) is 0 Å². The van der Waals surface area contributed by atoms with E-state index in [9.17, 15) is 37.2 Å². The topological polar surface area (TPSA) is 385 Å². The number of para-hydroxylation sites is 6. The van der Waals surface area contributed by atoms with Gasteiger partial charge >= 0.3 is 17.1 Å². The van der Waals surface area contributed by atoms with Gasteiger partial charge in [-0.15, -0.1) is 0 Å². The number of methoxy groups -OCH3 is 3. The van der Waals surface area contributed by atoms with E-state index in [1.54, 1.807) is 91.6 Å². The number of benzene rings is 6. The Morgan fingerprint density at radius 2 is 0.736 bits per heavy atom. The molecular formula is C93H119ClN22O12S. The second-order valence-corrected chi connectivity index (χ2v) is 33.2. The molecule has 129 heavy (non-hydrogen) atoms. The molecule has 0 saturated carbocycles. The van der Waals surface area contributed by atoms with E-state index in [4.69, 9.17) is 56.3 Å². The van der Waals surface area contributed by atoms with Crippen LogP contribution >= 0.6 is 11.6 Å². The number of nitrogens with zero attached hydrogens (tertiary/aromatic N) is 19. The smallest absolute Gasteiger partial charge is 0.335 e. The Balaban J connectivity index is 0.000000247. The zero-order valence-corrected chi connectivity index (χ0v) is 78.7. The third-order valence-corrected chi connectivity index (χ3v) is 20.0. The van der Waals surface area contributed by atoms with Crippen molar-refractivity contribution < 1.29 is 41.6 Å². The Hall–Kier alpha value is -13.6. The second-order valence-electron chi connectivity index (χ2n) is 31.3. The normalized spacial score (nSPS) is 11.0. The van der Waals surface area contributed by atoms with Crippen LogP contribution in [-0.2, 0) is 43.8 Å². The Morgan fingerprint density at radius 1 is 0.481 bits per heavy atom. The summed E-state index contributed by atoms with van der Waals surface area (Å²) < 4.78 is 53.3. The number of allylic oxidation sites excluding steroid dienone is 1. The molecule has 6 aromatic heterocycles. The van der Waals surface area contributed by atoms with Crippen molar-refractivity contribution in [2.24, 2.45) is 0 Å². The van der Waals surface area contributed by atoms with Crippen molar-refractivity contribution >= 4 is 106 Å². The number of hydrogen-bond donors (Lipinski definition) is 4. The summed E-state index contributed by atoms with van der Waals surface area (Å²) in [6, 6.07) is 41.6. The number of anilines is 6. The SMILES string of the molecule is C=CC(=O)Cl.C=CC(=O)Nc1cc(Cc2nccc(-n3c(=O)n(C(C)C)c4ccccc43)n2)c(OC)cc1N(C)CCN(C)C.C=CC(=O)Nc1cc(Cc2nccc(-n3c(=O)n(C(C)C)c4ccccc43)n2)c(OC)cc1N(C)CCN(C)C.CC#N.COc1cc(N(C)CCN(C)C)c(N)cc1Cc1nccc(-n2c(=O)n(C(C)C)c3ccccc32)n1.CS(=O)(=O)O. The lowest BCUT2D eigenvalue weighted by Crippen LogP contribution is -2.29. The zero-order chi connectivity index (χ0) is 95.4. The third-order valence-electron chi connectivity index (χ3n) is 19.8. The number of fused-ring (bicyclic) bond motifs is 3. The average Bonchev–Trinajstić information content (AvgIpc) is 1.63. The van der Waals surface area contributed by atoms with Gasteiger partial charge in [-0.1, -0.05) is 56.1 Å². The number of hydrogen-bond acceptors (Lipinski definition) is 25. The summed E-state index contributed by atoms with van der Waals surface area (Å²) in [6.45, 7) is 28.5. The molecule has 0 radical (unpaired) electrons. The molecule has 0 atom stereocenters. The molecule has 0 aliphatic rings. The van der Waals surface area contributed by atoms with Crippen LogP contribution in [0.15, 0.2) is 198 Å². The van der Waals surface area contributed by atoms with Gasteiger partial charge in [0.1, 0.15) is 52.2 Å². The monoisotopic (exact) mass is 1800 g/mol. The van der Waals surface area contributed by atoms with Gasteiger partial charge < -0.3 is 60.0 Å². The fourth-order valence-electron chi connectivity index (χ4n) is 13.8. The number of nitrogen functional groups attached to an aromatic ring is 1. The highest BCUT2D eigenvalue weighted by molar-refractivity contribution is 7.85. The van der Waals surface area contributed by atoms with Gasteiger partial charge in [0.15, 0.2) is 0 Å². The van der Waals surface area contributed by atoms with Gasteiger partial charge in [-0.2, -0.15) is 13.7 Å². The minimum absolute atomic E-state index is 0.0113. The number of nitrogens with two attached hydrogens (primary N) is 1. The molecule has 686 valence electrons. The predicted molar refractivity (Wildman–Crippen MR) is 515 cm³/mol. The molecule has 34 nitrogen and oxygen atoms in total. The number of rotatable bonds is 32.